The molecule has 0 saturated carbocycles. The van der Waals surface area contributed by atoms with Crippen LogP contribution in [0.25, 0.3) is 0 Å². The van der Waals surface area contributed by atoms with E-state index < -0.39 is 5.92 Å². The molecule has 29 heavy (non-hydrogen) atoms. The third kappa shape index (κ3) is 4.67. The molecule has 1 aliphatic heterocycles. The highest BCUT2D eigenvalue weighted by Gasteiger charge is 2.37. The number of carbonyl (C=O) groups is 2. The normalized spacial score (nSPS) is 17.3. The number of anilines is 2. The van der Waals surface area contributed by atoms with Crippen molar-refractivity contribution in [3.63, 3.8) is 0 Å². The smallest absolute Gasteiger partial charge is 0.231 e. The van der Waals surface area contributed by atoms with Gasteiger partial charge in [-0.3, -0.25) is 9.59 Å². The highest BCUT2D eigenvalue weighted by atomic mass is 32.1. The van der Waals surface area contributed by atoms with Gasteiger partial charge in [-0.2, -0.15) is 0 Å². The molecule has 1 aliphatic rings. The summed E-state index contributed by atoms with van der Waals surface area (Å²) in [7, 11) is 3.11. The van der Waals surface area contributed by atoms with E-state index >= 15 is 0 Å². The van der Waals surface area contributed by atoms with E-state index in [4.69, 9.17) is 9.47 Å². The van der Waals surface area contributed by atoms with Gasteiger partial charge in [-0.1, -0.05) is 31.6 Å². The number of ether oxygens (including phenoxy) is 2. The Morgan fingerprint density at radius 3 is 2.83 bits per heavy atom. The first-order valence-electron chi connectivity index (χ1n) is 9.63. The molecule has 0 aliphatic carbocycles. The number of amides is 2. The predicted octanol–water partition coefficient (Wildman–Crippen LogP) is 3.45. The van der Waals surface area contributed by atoms with Crippen LogP contribution in [-0.2, 0) is 9.59 Å². The number of aromatic nitrogens is 2. The fraction of sp³-hybridized carbons (Fsp3) is 0.500. The van der Waals surface area contributed by atoms with Crippen molar-refractivity contribution < 1.29 is 19.1 Å². The minimum atomic E-state index is -0.473. The largest absolute Gasteiger partial charge is 0.497 e. The highest BCUT2D eigenvalue weighted by molar-refractivity contribution is 7.15. The zero-order valence-corrected chi connectivity index (χ0v) is 17.9. The number of nitrogens with one attached hydrogen (secondary N) is 1. The minimum absolute atomic E-state index is 0.129. The molecule has 0 radical (unpaired) electrons. The summed E-state index contributed by atoms with van der Waals surface area (Å²) >= 11 is 1.39. The maximum Gasteiger partial charge on any atom is 0.231 e. The Balaban J connectivity index is 1.70. The van der Waals surface area contributed by atoms with Crippen LogP contribution in [0.2, 0.25) is 0 Å². The molecule has 2 amide bonds. The number of rotatable bonds is 8. The van der Waals surface area contributed by atoms with Gasteiger partial charge in [0.15, 0.2) is 0 Å². The Morgan fingerprint density at radius 1 is 1.34 bits per heavy atom. The minimum Gasteiger partial charge on any atom is -0.497 e. The van der Waals surface area contributed by atoms with E-state index in [1.54, 1.807) is 37.3 Å². The molecule has 1 aromatic heterocycles. The summed E-state index contributed by atoms with van der Waals surface area (Å²) in [5.41, 5.74) is 0.596. The second-order valence-corrected chi connectivity index (χ2v) is 8.08. The highest BCUT2D eigenvalue weighted by Crippen LogP contribution is 2.36. The van der Waals surface area contributed by atoms with Crippen molar-refractivity contribution in [2.45, 2.75) is 39.0 Å². The second kappa shape index (κ2) is 9.21. The van der Waals surface area contributed by atoms with Crippen molar-refractivity contribution in [3.8, 4) is 11.5 Å². The molecule has 2 heterocycles. The quantitative estimate of drug-likeness (QED) is 0.706. The SMILES string of the molecule is CCC[C@H](C)c1nnc(NC(=O)[C@@H]2CC(=O)N(c3cc(OC)ccc3OC)C2)s1. The first kappa shape index (κ1) is 21.0. The molecular formula is C20H26N4O4S. The van der Waals surface area contributed by atoms with E-state index in [1.807, 2.05) is 0 Å². The van der Waals surface area contributed by atoms with E-state index in [1.165, 1.54) is 11.3 Å². The first-order valence-corrected chi connectivity index (χ1v) is 10.4. The van der Waals surface area contributed by atoms with Crippen LogP contribution >= 0.6 is 11.3 Å². The summed E-state index contributed by atoms with van der Waals surface area (Å²) in [6.45, 7) is 4.50. The zero-order chi connectivity index (χ0) is 21.0. The molecule has 9 heteroatoms. The van der Waals surface area contributed by atoms with Gasteiger partial charge in [-0.05, 0) is 18.6 Å². The molecule has 1 N–H and O–H groups in total. The molecule has 1 fully saturated rings. The summed E-state index contributed by atoms with van der Waals surface area (Å²) in [4.78, 5) is 26.9. The van der Waals surface area contributed by atoms with Crippen LogP contribution in [0, 0.1) is 5.92 Å². The maximum absolute atomic E-state index is 12.7. The zero-order valence-electron chi connectivity index (χ0n) is 17.1. The third-order valence-corrected chi connectivity index (χ3v) is 6.06. The molecule has 156 valence electrons. The van der Waals surface area contributed by atoms with E-state index in [-0.39, 0.29) is 24.8 Å². The fourth-order valence-corrected chi connectivity index (χ4v) is 4.20. The average Bonchev–Trinajstić information content (AvgIpc) is 3.34. The van der Waals surface area contributed by atoms with Gasteiger partial charge in [0, 0.05) is 24.9 Å². The van der Waals surface area contributed by atoms with Crippen LogP contribution in [-0.4, -0.2) is 42.8 Å². The van der Waals surface area contributed by atoms with Gasteiger partial charge in [0.1, 0.15) is 16.5 Å². The van der Waals surface area contributed by atoms with Gasteiger partial charge in [-0.25, -0.2) is 0 Å². The second-order valence-electron chi connectivity index (χ2n) is 7.07. The lowest BCUT2D eigenvalue weighted by molar-refractivity contribution is -0.122. The van der Waals surface area contributed by atoms with E-state index in [0.29, 0.717) is 28.2 Å². The predicted molar refractivity (Wildman–Crippen MR) is 112 cm³/mol. The molecule has 1 saturated heterocycles. The van der Waals surface area contributed by atoms with Gasteiger partial charge in [0.2, 0.25) is 16.9 Å². The van der Waals surface area contributed by atoms with Crippen LogP contribution < -0.4 is 19.7 Å². The lowest BCUT2D eigenvalue weighted by Crippen LogP contribution is -2.28. The van der Waals surface area contributed by atoms with Crippen molar-refractivity contribution in [2.24, 2.45) is 5.92 Å². The van der Waals surface area contributed by atoms with Crippen molar-refractivity contribution in [3.05, 3.63) is 23.2 Å². The Hall–Kier alpha value is -2.68. The van der Waals surface area contributed by atoms with E-state index in [9.17, 15) is 9.59 Å². The summed E-state index contributed by atoms with van der Waals surface area (Å²) in [6, 6.07) is 5.25. The van der Waals surface area contributed by atoms with Crippen LogP contribution in [0.3, 0.4) is 0 Å². The summed E-state index contributed by atoms with van der Waals surface area (Å²) in [5.74, 6) is 0.647. The van der Waals surface area contributed by atoms with Crippen molar-refractivity contribution in [2.75, 3.05) is 31.0 Å². The Kier molecular flexibility index (Phi) is 6.68. The number of benzene rings is 1. The summed E-state index contributed by atoms with van der Waals surface area (Å²) in [6.07, 6.45) is 2.22. The first-order chi connectivity index (χ1) is 14.0. The summed E-state index contributed by atoms with van der Waals surface area (Å²) < 4.78 is 10.6. The Bertz CT molecular complexity index is 885. The van der Waals surface area contributed by atoms with Gasteiger partial charge in [0.25, 0.3) is 0 Å². The van der Waals surface area contributed by atoms with Gasteiger partial charge >= 0.3 is 0 Å². The monoisotopic (exact) mass is 418 g/mol. The molecule has 1 aromatic carbocycles. The lowest BCUT2D eigenvalue weighted by atomic mass is 10.1. The van der Waals surface area contributed by atoms with Crippen LogP contribution in [0.4, 0.5) is 10.8 Å². The van der Waals surface area contributed by atoms with E-state index in [0.717, 1.165) is 17.8 Å². The molecule has 0 spiro atoms. The molecule has 0 unspecified atom stereocenters. The molecular weight excluding hydrogens is 392 g/mol. The molecule has 2 atom stereocenters. The summed E-state index contributed by atoms with van der Waals surface area (Å²) in [5, 5.41) is 12.5. The van der Waals surface area contributed by atoms with Gasteiger partial charge in [-0.15, -0.1) is 10.2 Å². The molecule has 0 bridgehead atoms. The average molecular weight is 419 g/mol. The van der Waals surface area contributed by atoms with Crippen molar-refractivity contribution >= 4 is 34.0 Å². The maximum atomic E-state index is 12.7. The number of hydrogen-bond acceptors (Lipinski definition) is 7. The van der Waals surface area contributed by atoms with Crippen molar-refractivity contribution in [1.82, 2.24) is 10.2 Å². The number of methoxy groups -OCH3 is 2. The van der Waals surface area contributed by atoms with Gasteiger partial charge in [0.05, 0.1) is 25.8 Å². The fourth-order valence-electron chi connectivity index (χ4n) is 3.37. The van der Waals surface area contributed by atoms with Crippen LogP contribution in [0.5, 0.6) is 11.5 Å². The molecule has 2 aromatic rings. The van der Waals surface area contributed by atoms with Crippen LogP contribution in [0.15, 0.2) is 18.2 Å². The standard InChI is InChI=1S/C20H26N4O4S/c1-5-6-12(2)19-22-23-20(29-19)21-18(26)13-9-17(25)24(11-13)15-10-14(27-3)7-8-16(15)28-4/h7-8,10,12-13H,5-6,9,11H2,1-4H3,(H,21,23,26)/t12-,13+/m0/s1. The number of carbonyl (C=O) groups excluding carboxylic acids is 2. The third-order valence-electron chi connectivity index (χ3n) is 4.99. The van der Waals surface area contributed by atoms with E-state index in [2.05, 4.69) is 29.4 Å². The topological polar surface area (TPSA) is 93.7 Å². The Labute approximate surface area is 174 Å². The number of nitrogens with zero attached hydrogens (tertiary/aromatic N) is 3. The molecule has 3 rings (SSSR count). The van der Waals surface area contributed by atoms with Crippen molar-refractivity contribution in [1.29, 1.82) is 0 Å². The molecule has 8 nitrogen and oxygen atoms in total. The van der Waals surface area contributed by atoms with Crippen LogP contribution in [0.1, 0.15) is 44.0 Å². The lowest BCUT2D eigenvalue weighted by Gasteiger charge is -2.20. The van der Waals surface area contributed by atoms with Gasteiger partial charge < -0.3 is 19.7 Å². The Morgan fingerprint density at radius 2 is 2.14 bits per heavy atom. The number of hydrogen-bond donors (Lipinski definition) is 1.